The fourth-order valence-corrected chi connectivity index (χ4v) is 8.39. The van der Waals surface area contributed by atoms with E-state index in [-0.39, 0.29) is 0 Å². The van der Waals surface area contributed by atoms with Crippen molar-refractivity contribution in [3.63, 3.8) is 0 Å². The number of rotatable bonds is 3. The van der Waals surface area contributed by atoms with Crippen molar-refractivity contribution in [1.82, 2.24) is 5.32 Å². The molecule has 116 valence electrons. The number of nitrogens with one attached hydrogen (secondary N) is 1. The smallest absolute Gasteiger partial charge is 0.0888 e. The molecule has 1 nitrogen and oxygen atoms in total. The minimum absolute atomic E-state index is 0.460. The van der Waals surface area contributed by atoms with Gasteiger partial charge in [-0.3, -0.25) is 0 Å². The van der Waals surface area contributed by atoms with Crippen LogP contribution in [0.2, 0.25) is 5.02 Å². The van der Waals surface area contributed by atoms with E-state index in [0.29, 0.717) is 16.9 Å². The van der Waals surface area contributed by atoms with E-state index >= 15 is 0 Å². The highest BCUT2D eigenvalue weighted by Crippen LogP contribution is 2.68. The van der Waals surface area contributed by atoms with E-state index in [0.717, 1.165) is 20.6 Å². The standard InChI is InChI=1S/C17H23BrClNS/c1-16-5-10-3-11(6-16)8-17(7-10,9-16)14(20-2)13-4-12(19)15(18)21-13/h4,10-11,14,20H,3,5-9H2,1-2H3. The molecule has 3 atom stereocenters. The lowest BCUT2D eigenvalue weighted by Gasteiger charge is -2.63. The van der Waals surface area contributed by atoms with Gasteiger partial charge >= 0.3 is 0 Å². The Morgan fingerprint density at radius 3 is 2.48 bits per heavy atom. The van der Waals surface area contributed by atoms with Crippen LogP contribution < -0.4 is 5.32 Å². The first-order valence-electron chi connectivity index (χ1n) is 8.05. The first-order chi connectivity index (χ1) is 9.93. The molecule has 0 aliphatic heterocycles. The molecule has 4 fully saturated rings. The Bertz CT molecular complexity index is 536. The molecule has 0 saturated heterocycles. The zero-order chi connectivity index (χ0) is 14.8. The normalized spacial score (nSPS) is 42.5. The summed E-state index contributed by atoms with van der Waals surface area (Å²) in [6.07, 6.45) is 8.65. The average molecular weight is 389 g/mol. The van der Waals surface area contributed by atoms with E-state index in [4.69, 9.17) is 11.6 Å². The molecule has 1 heterocycles. The van der Waals surface area contributed by atoms with E-state index in [9.17, 15) is 0 Å². The maximum absolute atomic E-state index is 6.30. The molecule has 1 N–H and O–H groups in total. The highest BCUT2D eigenvalue weighted by Gasteiger charge is 2.58. The van der Waals surface area contributed by atoms with Gasteiger partial charge in [-0.05, 0) is 90.2 Å². The zero-order valence-electron chi connectivity index (χ0n) is 12.7. The Kier molecular flexibility index (Phi) is 3.54. The van der Waals surface area contributed by atoms with Crippen LogP contribution >= 0.6 is 38.9 Å². The number of halogens is 2. The quantitative estimate of drug-likeness (QED) is 0.666. The minimum atomic E-state index is 0.460. The van der Waals surface area contributed by atoms with Crippen LogP contribution in [0.15, 0.2) is 9.85 Å². The first-order valence-corrected chi connectivity index (χ1v) is 10.0. The van der Waals surface area contributed by atoms with Gasteiger partial charge in [-0.2, -0.15) is 0 Å². The summed E-state index contributed by atoms with van der Waals surface area (Å²) in [5.41, 5.74) is 1.05. The molecule has 4 heteroatoms. The van der Waals surface area contributed by atoms with Gasteiger partial charge in [0.15, 0.2) is 0 Å². The highest BCUT2D eigenvalue weighted by molar-refractivity contribution is 9.11. The Morgan fingerprint density at radius 1 is 1.33 bits per heavy atom. The summed E-state index contributed by atoms with van der Waals surface area (Å²) < 4.78 is 1.08. The fraction of sp³-hybridized carbons (Fsp3) is 0.765. The number of hydrogen-bond donors (Lipinski definition) is 1. The SMILES string of the molecule is CNC(c1cc(Cl)c(Br)s1)C12CC3CC(CC(C)(C3)C1)C2. The largest absolute Gasteiger partial charge is 0.312 e. The lowest BCUT2D eigenvalue weighted by Crippen LogP contribution is -2.54. The molecule has 21 heavy (non-hydrogen) atoms. The molecule has 3 unspecified atom stereocenters. The summed E-state index contributed by atoms with van der Waals surface area (Å²) in [4.78, 5) is 1.42. The minimum Gasteiger partial charge on any atom is -0.312 e. The van der Waals surface area contributed by atoms with Crippen LogP contribution in [0.4, 0.5) is 0 Å². The average Bonchev–Trinajstić information content (AvgIpc) is 2.66. The Hall–Kier alpha value is 0.430. The van der Waals surface area contributed by atoms with Gasteiger partial charge < -0.3 is 5.32 Å². The molecule has 4 bridgehead atoms. The Balaban J connectivity index is 1.73. The fourth-order valence-electron chi connectivity index (χ4n) is 6.39. The van der Waals surface area contributed by atoms with E-state index in [2.05, 4.69) is 41.3 Å². The monoisotopic (exact) mass is 387 g/mol. The molecule has 1 aromatic rings. The van der Waals surface area contributed by atoms with Crippen molar-refractivity contribution < 1.29 is 0 Å². The molecule has 4 aliphatic carbocycles. The molecule has 0 radical (unpaired) electrons. The van der Waals surface area contributed by atoms with Crippen molar-refractivity contribution in [3.8, 4) is 0 Å². The number of hydrogen-bond acceptors (Lipinski definition) is 2. The van der Waals surface area contributed by atoms with Crippen LogP contribution in [-0.4, -0.2) is 7.05 Å². The van der Waals surface area contributed by atoms with Crippen LogP contribution in [0.1, 0.15) is 56.4 Å². The van der Waals surface area contributed by atoms with Gasteiger partial charge in [0.1, 0.15) is 0 Å². The second-order valence-corrected chi connectivity index (χ2v) is 10.9. The maximum atomic E-state index is 6.30. The third-order valence-electron chi connectivity index (χ3n) is 6.25. The highest BCUT2D eigenvalue weighted by atomic mass is 79.9. The van der Waals surface area contributed by atoms with E-state index in [1.54, 1.807) is 0 Å². The summed E-state index contributed by atoms with van der Waals surface area (Å²) in [6.45, 7) is 2.54. The second kappa shape index (κ2) is 4.96. The van der Waals surface area contributed by atoms with Crippen molar-refractivity contribution in [3.05, 3.63) is 19.8 Å². The van der Waals surface area contributed by atoms with Crippen LogP contribution in [0.3, 0.4) is 0 Å². The van der Waals surface area contributed by atoms with Gasteiger partial charge in [0.05, 0.1) is 8.81 Å². The van der Waals surface area contributed by atoms with Crippen molar-refractivity contribution in [2.45, 2.75) is 51.5 Å². The van der Waals surface area contributed by atoms with Crippen molar-refractivity contribution in [2.24, 2.45) is 22.7 Å². The maximum Gasteiger partial charge on any atom is 0.0888 e. The Morgan fingerprint density at radius 2 is 2.00 bits per heavy atom. The molecule has 1 aromatic heterocycles. The van der Waals surface area contributed by atoms with E-state index in [1.807, 2.05) is 11.3 Å². The van der Waals surface area contributed by atoms with Gasteiger partial charge in [-0.1, -0.05) is 18.5 Å². The molecule has 4 saturated carbocycles. The van der Waals surface area contributed by atoms with Crippen LogP contribution in [0.25, 0.3) is 0 Å². The van der Waals surface area contributed by atoms with Crippen molar-refractivity contribution in [2.75, 3.05) is 7.05 Å². The molecular formula is C17H23BrClNS. The van der Waals surface area contributed by atoms with Gasteiger partial charge in [-0.25, -0.2) is 0 Å². The summed E-state index contributed by atoms with van der Waals surface area (Å²) in [7, 11) is 2.13. The van der Waals surface area contributed by atoms with Crippen molar-refractivity contribution >= 4 is 38.9 Å². The zero-order valence-corrected chi connectivity index (χ0v) is 15.9. The second-order valence-electron chi connectivity index (χ2n) is 8.13. The van der Waals surface area contributed by atoms with E-state index < -0.39 is 0 Å². The number of thiophene rings is 1. The van der Waals surface area contributed by atoms with Gasteiger partial charge in [-0.15, -0.1) is 11.3 Å². The van der Waals surface area contributed by atoms with Crippen LogP contribution in [0.5, 0.6) is 0 Å². The van der Waals surface area contributed by atoms with Gasteiger partial charge in [0, 0.05) is 10.9 Å². The molecular weight excluding hydrogens is 366 g/mol. The molecule has 0 amide bonds. The molecule has 0 aromatic carbocycles. The topological polar surface area (TPSA) is 12.0 Å². The summed E-state index contributed by atoms with van der Waals surface area (Å²) in [6, 6.07) is 2.65. The van der Waals surface area contributed by atoms with E-state index in [1.165, 1.54) is 43.4 Å². The molecule has 4 aliphatic rings. The third-order valence-corrected chi connectivity index (χ3v) is 8.79. The summed E-state index contributed by atoms with van der Waals surface area (Å²) in [5, 5.41) is 4.53. The molecule has 0 spiro atoms. The predicted molar refractivity (Wildman–Crippen MR) is 94.1 cm³/mol. The lowest BCUT2D eigenvalue weighted by atomic mass is 9.43. The van der Waals surface area contributed by atoms with Crippen LogP contribution in [0, 0.1) is 22.7 Å². The third kappa shape index (κ3) is 2.34. The van der Waals surface area contributed by atoms with Gasteiger partial charge in [0.2, 0.25) is 0 Å². The van der Waals surface area contributed by atoms with Crippen molar-refractivity contribution in [1.29, 1.82) is 0 Å². The molecule has 5 rings (SSSR count). The Labute approximate surface area is 145 Å². The lowest BCUT2D eigenvalue weighted by molar-refractivity contribution is -0.117. The first kappa shape index (κ1) is 15.0. The van der Waals surface area contributed by atoms with Gasteiger partial charge in [0.25, 0.3) is 0 Å². The summed E-state index contributed by atoms with van der Waals surface area (Å²) in [5.74, 6) is 1.93. The van der Waals surface area contributed by atoms with Crippen LogP contribution in [-0.2, 0) is 0 Å². The predicted octanol–water partition coefficient (Wildman–Crippen LogP) is 6.03. The summed E-state index contributed by atoms with van der Waals surface area (Å²) >= 11 is 11.7.